The molecule has 0 N–H and O–H groups in total. The Morgan fingerprint density at radius 1 is 0.714 bits per heavy atom. The third-order valence-corrected chi connectivity index (χ3v) is 7.25. The van der Waals surface area contributed by atoms with Crippen molar-refractivity contribution in [2.24, 2.45) is 0 Å². The number of benzene rings is 2. The van der Waals surface area contributed by atoms with Crippen molar-refractivity contribution in [1.82, 2.24) is 0 Å². The molecule has 0 aliphatic carbocycles. The van der Waals surface area contributed by atoms with E-state index in [0.717, 1.165) is 0 Å². The van der Waals surface area contributed by atoms with E-state index < -0.39 is 0 Å². The van der Waals surface area contributed by atoms with Gasteiger partial charge in [0, 0.05) is 0 Å². The van der Waals surface area contributed by atoms with E-state index in [1.165, 1.54) is 8.51 Å². The first kappa shape index (κ1) is 10.1. The van der Waals surface area contributed by atoms with Gasteiger partial charge < -0.3 is 0 Å². The van der Waals surface area contributed by atoms with Gasteiger partial charge in [-0.3, -0.25) is 0 Å². The average molecular weight is 314 g/mol. The molecule has 0 saturated carbocycles. The first-order valence-corrected chi connectivity index (χ1v) is 9.16. The average Bonchev–Trinajstić information content (AvgIpc) is 2.29. The summed E-state index contributed by atoms with van der Waals surface area (Å²) >= 11 is -0.114. The summed E-state index contributed by atoms with van der Waals surface area (Å²) in [5.74, 6) is 0. The van der Waals surface area contributed by atoms with Crippen LogP contribution in [-0.4, -0.2) is 19.5 Å². The van der Waals surface area contributed by atoms with Crippen LogP contribution in [0.3, 0.4) is 0 Å². The van der Waals surface area contributed by atoms with Crippen molar-refractivity contribution in [2.75, 3.05) is 0 Å². The molecule has 0 saturated heterocycles. The monoisotopic (exact) mass is 316 g/mol. The predicted octanol–water partition coefficient (Wildman–Crippen LogP) is 2.72. The minimum atomic E-state index is -0.114. The molecule has 0 aliphatic rings. The molecule has 0 unspecified atom stereocenters. The Hall–Kier alpha value is -0.420. The first-order valence-electron chi connectivity index (χ1n) is 4.40. The molecule has 0 aliphatic heterocycles. The molecule has 2 rings (SSSR count). The van der Waals surface area contributed by atoms with Crippen molar-refractivity contribution >= 4 is 32.2 Å². The summed E-state index contributed by atoms with van der Waals surface area (Å²) in [4.78, 5) is 1.39. The van der Waals surface area contributed by atoms with Crippen LogP contribution in [0, 0.1) is 0 Å². The second kappa shape index (κ2) is 5.46. The van der Waals surface area contributed by atoms with E-state index in [0.29, 0.717) is 0 Å². The van der Waals surface area contributed by atoms with Crippen LogP contribution in [-0.2, 0) is 0 Å². The fourth-order valence-corrected chi connectivity index (χ4v) is 5.62. The number of hydrogen-bond acceptors (Lipinski definition) is 1. The van der Waals surface area contributed by atoms with E-state index in [1.807, 2.05) is 8.99 Å². The Balaban J connectivity index is 1.96. The minimum absolute atomic E-state index is 0.114. The first-order chi connectivity index (χ1) is 6.95. The van der Waals surface area contributed by atoms with Crippen LogP contribution in [0.5, 0.6) is 0 Å². The van der Waals surface area contributed by atoms with Gasteiger partial charge in [0.15, 0.2) is 0 Å². The van der Waals surface area contributed by atoms with Crippen LogP contribution in [0.4, 0.5) is 0 Å². The molecule has 0 amide bonds. The van der Waals surface area contributed by atoms with Gasteiger partial charge >= 0.3 is 97.7 Å². The molecule has 0 radical (unpaired) electrons. The Morgan fingerprint density at radius 2 is 1.29 bits per heavy atom. The molecule has 0 fully saturated rings. The normalized spacial score (nSPS) is 10.0. The molecular weight excluding hydrogens is 304 g/mol. The second-order valence-corrected chi connectivity index (χ2v) is 7.80. The zero-order valence-corrected chi connectivity index (χ0v) is 10.7. The SMILES string of the molecule is c1ccc(S[Te]c2ccccc2)cc1. The predicted molar refractivity (Wildman–Crippen MR) is 64.1 cm³/mol. The van der Waals surface area contributed by atoms with Crippen LogP contribution in [0.25, 0.3) is 0 Å². The molecule has 70 valence electrons. The van der Waals surface area contributed by atoms with Crippen molar-refractivity contribution in [1.29, 1.82) is 0 Å². The molecule has 2 heteroatoms. The number of hydrogen-bond donors (Lipinski definition) is 0. The van der Waals surface area contributed by atoms with Gasteiger partial charge in [0.1, 0.15) is 0 Å². The summed E-state index contributed by atoms with van der Waals surface area (Å²) in [7, 11) is 2.00. The van der Waals surface area contributed by atoms with Crippen molar-refractivity contribution in [3.8, 4) is 0 Å². The van der Waals surface area contributed by atoms with E-state index >= 15 is 0 Å². The fraction of sp³-hybridized carbons (Fsp3) is 0. The summed E-state index contributed by atoms with van der Waals surface area (Å²) in [5.41, 5.74) is 0. The van der Waals surface area contributed by atoms with Gasteiger partial charge in [-0.25, -0.2) is 0 Å². The van der Waals surface area contributed by atoms with Crippen molar-refractivity contribution in [3.63, 3.8) is 0 Å². The van der Waals surface area contributed by atoms with Crippen molar-refractivity contribution in [3.05, 3.63) is 60.7 Å². The Morgan fingerprint density at radius 3 is 1.93 bits per heavy atom. The van der Waals surface area contributed by atoms with Gasteiger partial charge in [0.05, 0.1) is 0 Å². The van der Waals surface area contributed by atoms with E-state index in [9.17, 15) is 0 Å². The van der Waals surface area contributed by atoms with Gasteiger partial charge in [0.2, 0.25) is 0 Å². The fourth-order valence-electron chi connectivity index (χ4n) is 1.05. The van der Waals surface area contributed by atoms with Crippen LogP contribution < -0.4 is 3.61 Å². The Kier molecular flexibility index (Phi) is 3.94. The maximum absolute atomic E-state index is 2.22. The molecule has 14 heavy (non-hydrogen) atoms. The third-order valence-electron chi connectivity index (χ3n) is 1.72. The van der Waals surface area contributed by atoms with Crippen LogP contribution >= 0.6 is 8.99 Å². The molecule has 0 heterocycles. The van der Waals surface area contributed by atoms with Gasteiger partial charge in [-0.1, -0.05) is 0 Å². The van der Waals surface area contributed by atoms with E-state index in [4.69, 9.17) is 0 Å². The topological polar surface area (TPSA) is 0 Å². The third kappa shape index (κ3) is 3.06. The summed E-state index contributed by atoms with van der Waals surface area (Å²) in [6.45, 7) is 0. The van der Waals surface area contributed by atoms with E-state index in [-0.39, 0.29) is 19.5 Å². The van der Waals surface area contributed by atoms with Crippen LogP contribution in [0.15, 0.2) is 65.6 Å². The van der Waals surface area contributed by atoms with Gasteiger partial charge in [-0.05, 0) is 0 Å². The van der Waals surface area contributed by atoms with Gasteiger partial charge in [-0.15, -0.1) is 0 Å². The Labute approximate surface area is 97.3 Å². The van der Waals surface area contributed by atoms with E-state index in [1.54, 1.807) is 0 Å². The summed E-state index contributed by atoms with van der Waals surface area (Å²) in [5, 5.41) is 0. The van der Waals surface area contributed by atoms with Crippen molar-refractivity contribution < 1.29 is 0 Å². The Bertz CT molecular complexity index is 333. The van der Waals surface area contributed by atoms with Gasteiger partial charge in [-0.2, -0.15) is 0 Å². The molecule has 0 bridgehead atoms. The summed E-state index contributed by atoms with van der Waals surface area (Å²) < 4.78 is 1.51. The standard InChI is InChI=1S/C12H10STe/c1-3-7-11(8-4-1)13-14-12-9-5-2-6-10-12/h1-10H. The molecule has 0 spiro atoms. The molecule has 0 atom stereocenters. The van der Waals surface area contributed by atoms with Gasteiger partial charge in [0.25, 0.3) is 0 Å². The maximum atomic E-state index is 2.22. The molecular formula is C12H10STe. The quantitative estimate of drug-likeness (QED) is 0.785. The molecule has 0 nitrogen and oxygen atoms in total. The van der Waals surface area contributed by atoms with Crippen molar-refractivity contribution in [2.45, 2.75) is 4.90 Å². The summed E-state index contributed by atoms with van der Waals surface area (Å²) in [6.07, 6.45) is 0. The molecule has 2 aromatic carbocycles. The van der Waals surface area contributed by atoms with Crippen LogP contribution in [0.2, 0.25) is 0 Å². The summed E-state index contributed by atoms with van der Waals surface area (Å²) in [6, 6.07) is 21.4. The zero-order chi connectivity index (χ0) is 9.64. The molecule has 2 aromatic rings. The zero-order valence-electron chi connectivity index (χ0n) is 7.59. The van der Waals surface area contributed by atoms with E-state index in [2.05, 4.69) is 60.7 Å². The second-order valence-electron chi connectivity index (χ2n) is 2.79. The molecule has 0 aromatic heterocycles. The number of rotatable bonds is 3. The van der Waals surface area contributed by atoms with Crippen LogP contribution in [0.1, 0.15) is 0 Å².